The minimum Gasteiger partial charge on any atom is -0.497 e. The van der Waals surface area contributed by atoms with Crippen LogP contribution in [0.2, 0.25) is 0 Å². The zero-order valence-electron chi connectivity index (χ0n) is 13.6. The van der Waals surface area contributed by atoms with Crippen LogP contribution in [-0.4, -0.2) is 33.3 Å². The molecule has 2 N–H and O–H groups in total. The lowest BCUT2D eigenvalue weighted by Gasteiger charge is -2.15. The summed E-state index contributed by atoms with van der Waals surface area (Å²) in [6.45, 7) is 0.330. The van der Waals surface area contributed by atoms with E-state index in [0.29, 0.717) is 23.8 Å². The lowest BCUT2D eigenvalue weighted by molar-refractivity contribution is -0.0504. The maximum Gasteiger partial charge on any atom is 0.387 e. The van der Waals surface area contributed by atoms with Crippen molar-refractivity contribution in [3.8, 4) is 11.5 Å². The molecule has 0 heterocycles. The Morgan fingerprint density at radius 3 is 2.61 bits per heavy atom. The number of ether oxygens (including phenoxy) is 2. The Hall–Kier alpha value is -1.32. The predicted molar refractivity (Wildman–Crippen MR) is 98.2 cm³/mol. The third-order valence-corrected chi connectivity index (χ3v) is 2.98. The van der Waals surface area contributed by atoms with Crippen molar-refractivity contribution >= 4 is 29.9 Å². The largest absolute Gasteiger partial charge is 0.497 e. The smallest absolute Gasteiger partial charge is 0.387 e. The van der Waals surface area contributed by atoms with Crippen LogP contribution in [0.15, 0.2) is 23.2 Å². The van der Waals surface area contributed by atoms with Crippen molar-refractivity contribution in [3.05, 3.63) is 23.8 Å². The highest BCUT2D eigenvalue weighted by atomic mass is 127. The van der Waals surface area contributed by atoms with Crippen molar-refractivity contribution in [3.63, 3.8) is 0 Å². The Balaban J connectivity index is 0.00000484. The number of nitrogens with one attached hydrogen (secondary N) is 2. The van der Waals surface area contributed by atoms with Gasteiger partial charge in [0.05, 0.1) is 7.11 Å². The molecule has 1 rings (SSSR count). The van der Waals surface area contributed by atoms with Crippen LogP contribution < -0.4 is 20.1 Å². The molecule has 5 nitrogen and oxygen atoms in total. The molecule has 0 radical (unpaired) electrons. The summed E-state index contributed by atoms with van der Waals surface area (Å²) in [5, 5.41) is 6.22. The first kappa shape index (κ1) is 21.7. The van der Waals surface area contributed by atoms with E-state index in [-0.39, 0.29) is 29.7 Å². The number of hydrogen-bond donors (Lipinski definition) is 2. The minimum absolute atomic E-state index is 0. The number of rotatable bonds is 8. The molecule has 23 heavy (non-hydrogen) atoms. The summed E-state index contributed by atoms with van der Waals surface area (Å²) in [4.78, 5) is 4.08. The highest BCUT2D eigenvalue weighted by Crippen LogP contribution is 2.25. The number of benzene rings is 1. The molecule has 1 aromatic rings. The predicted octanol–water partition coefficient (Wildman–Crippen LogP) is 3.38. The van der Waals surface area contributed by atoms with Gasteiger partial charge in [-0.15, -0.1) is 24.0 Å². The fraction of sp³-hybridized carbons (Fsp3) is 0.533. The first-order valence-electron chi connectivity index (χ1n) is 7.17. The van der Waals surface area contributed by atoms with Gasteiger partial charge in [0.15, 0.2) is 5.96 Å². The van der Waals surface area contributed by atoms with Crippen LogP contribution in [0.1, 0.15) is 25.3 Å². The third kappa shape index (κ3) is 8.19. The molecule has 132 valence electrons. The maximum absolute atomic E-state index is 12.4. The van der Waals surface area contributed by atoms with E-state index in [2.05, 4.69) is 27.3 Å². The molecule has 1 aromatic carbocycles. The Morgan fingerprint density at radius 1 is 1.30 bits per heavy atom. The van der Waals surface area contributed by atoms with Gasteiger partial charge in [0, 0.05) is 25.7 Å². The monoisotopic (exact) mass is 443 g/mol. The summed E-state index contributed by atoms with van der Waals surface area (Å²) in [5.41, 5.74) is 0.568. The standard InChI is InChI=1S/C15H23F2N3O2.HI/c1-4-5-8-19-15(18-2)20-10-11-9-12(21-3)6-7-13(11)22-14(16)17;/h6-7,9,14H,4-5,8,10H2,1-3H3,(H2,18,19,20);1H. The molecule has 8 heteroatoms. The maximum atomic E-state index is 12.4. The Labute approximate surface area is 152 Å². The van der Waals surface area contributed by atoms with E-state index in [0.717, 1.165) is 19.4 Å². The number of unbranched alkanes of at least 4 members (excludes halogenated alkanes) is 1. The van der Waals surface area contributed by atoms with Crippen LogP contribution in [0.3, 0.4) is 0 Å². The SMILES string of the molecule is CCCCNC(=NC)NCc1cc(OC)ccc1OC(F)F.I. The molecule has 0 aliphatic rings. The van der Waals surface area contributed by atoms with Gasteiger partial charge in [-0.05, 0) is 24.6 Å². The minimum atomic E-state index is -2.87. The van der Waals surface area contributed by atoms with Crippen LogP contribution in [-0.2, 0) is 6.54 Å². The average molecular weight is 443 g/mol. The van der Waals surface area contributed by atoms with Crippen LogP contribution >= 0.6 is 24.0 Å². The molecule has 0 spiro atoms. The normalized spacial score (nSPS) is 11.0. The summed E-state index contributed by atoms with van der Waals surface area (Å²) in [6.07, 6.45) is 2.10. The number of hydrogen-bond acceptors (Lipinski definition) is 3. The van der Waals surface area contributed by atoms with Crippen LogP contribution in [0.5, 0.6) is 11.5 Å². The molecule has 0 bridgehead atoms. The summed E-state index contributed by atoms with van der Waals surface area (Å²) < 4.78 is 34.5. The van der Waals surface area contributed by atoms with Crippen molar-refractivity contribution in [2.24, 2.45) is 4.99 Å². The van der Waals surface area contributed by atoms with Gasteiger partial charge >= 0.3 is 6.61 Å². The van der Waals surface area contributed by atoms with Gasteiger partial charge in [0.1, 0.15) is 11.5 Å². The number of alkyl halides is 2. The van der Waals surface area contributed by atoms with Crippen molar-refractivity contribution in [1.29, 1.82) is 0 Å². The molecule has 0 atom stereocenters. The van der Waals surface area contributed by atoms with E-state index in [1.54, 1.807) is 19.2 Å². The fourth-order valence-corrected chi connectivity index (χ4v) is 1.82. The molecule has 0 aliphatic carbocycles. The second kappa shape index (κ2) is 12.1. The van der Waals surface area contributed by atoms with Crippen molar-refractivity contribution in [2.45, 2.75) is 32.9 Å². The Kier molecular flexibility index (Phi) is 11.4. The Bertz CT molecular complexity index is 488. The zero-order valence-corrected chi connectivity index (χ0v) is 15.9. The second-order valence-electron chi connectivity index (χ2n) is 4.56. The molecule has 0 unspecified atom stereocenters. The van der Waals surface area contributed by atoms with Crippen LogP contribution in [0.4, 0.5) is 8.78 Å². The van der Waals surface area contributed by atoms with E-state index < -0.39 is 6.61 Å². The third-order valence-electron chi connectivity index (χ3n) is 2.98. The first-order chi connectivity index (χ1) is 10.6. The van der Waals surface area contributed by atoms with E-state index in [9.17, 15) is 8.78 Å². The van der Waals surface area contributed by atoms with Crippen molar-refractivity contribution < 1.29 is 18.3 Å². The summed E-state index contributed by atoms with van der Waals surface area (Å²) in [7, 11) is 3.18. The van der Waals surface area contributed by atoms with Gasteiger partial charge in [-0.2, -0.15) is 8.78 Å². The van der Waals surface area contributed by atoms with E-state index in [1.807, 2.05) is 0 Å². The lowest BCUT2D eigenvalue weighted by Crippen LogP contribution is -2.37. The fourth-order valence-electron chi connectivity index (χ4n) is 1.82. The summed E-state index contributed by atoms with van der Waals surface area (Å²) >= 11 is 0. The molecular weight excluding hydrogens is 419 g/mol. The van der Waals surface area contributed by atoms with Gasteiger partial charge in [0.25, 0.3) is 0 Å². The highest BCUT2D eigenvalue weighted by Gasteiger charge is 2.11. The van der Waals surface area contributed by atoms with Crippen molar-refractivity contribution in [2.75, 3.05) is 20.7 Å². The van der Waals surface area contributed by atoms with Crippen LogP contribution in [0, 0.1) is 0 Å². The number of guanidine groups is 1. The molecule has 0 saturated carbocycles. The van der Waals surface area contributed by atoms with Gasteiger partial charge < -0.3 is 20.1 Å². The Morgan fingerprint density at radius 2 is 2.04 bits per heavy atom. The number of aliphatic imine (C=N–C) groups is 1. The molecule has 0 saturated heterocycles. The van der Waals surface area contributed by atoms with E-state index in [4.69, 9.17) is 4.74 Å². The van der Waals surface area contributed by atoms with Gasteiger partial charge in [-0.25, -0.2) is 0 Å². The number of nitrogens with zero attached hydrogens (tertiary/aromatic N) is 1. The molecule has 0 fully saturated rings. The van der Waals surface area contributed by atoms with Crippen LogP contribution in [0.25, 0.3) is 0 Å². The van der Waals surface area contributed by atoms with Gasteiger partial charge in [-0.1, -0.05) is 13.3 Å². The number of methoxy groups -OCH3 is 1. The second-order valence-corrected chi connectivity index (χ2v) is 4.56. The van der Waals surface area contributed by atoms with E-state index >= 15 is 0 Å². The summed E-state index contributed by atoms with van der Waals surface area (Å²) in [5.74, 6) is 1.30. The molecular formula is C15H24F2IN3O2. The highest BCUT2D eigenvalue weighted by molar-refractivity contribution is 14.0. The van der Waals surface area contributed by atoms with Crippen molar-refractivity contribution in [1.82, 2.24) is 10.6 Å². The zero-order chi connectivity index (χ0) is 16.4. The van der Waals surface area contributed by atoms with Gasteiger partial charge in [0.2, 0.25) is 0 Å². The topological polar surface area (TPSA) is 54.9 Å². The molecule has 0 aromatic heterocycles. The molecule has 0 aliphatic heterocycles. The first-order valence-corrected chi connectivity index (χ1v) is 7.17. The van der Waals surface area contributed by atoms with E-state index in [1.165, 1.54) is 13.2 Å². The quantitative estimate of drug-likeness (QED) is 0.280. The summed E-state index contributed by atoms with van der Waals surface area (Å²) in [6, 6.07) is 4.70. The number of halogens is 3. The molecule has 0 amide bonds. The lowest BCUT2D eigenvalue weighted by atomic mass is 10.2. The van der Waals surface area contributed by atoms with Gasteiger partial charge in [-0.3, -0.25) is 4.99 Å². The average Bonchev–Trinajstić information content (AvgIpc) is 2.51.